The third-order valence-electron chi connectivity index (χ3n) is 5.66. The van der Waals surface area contributed by atoms with Crippen LogP contribution in [0.1, 0.15) is 18.4 Å². The van der Waals surface area contributed by atoms with Gasteiger partial charge in [-0.05, 0) is 55.9 Å². The quantitative estimate of drug-likeness (QED) is 0.466. The van der Waals surface area contributed by atoms with Crippen molar-refractivity contribution in [3.05, 3.63) is 36.0 Å². The van der Waals surface area contributed by atoms with Crippen molar-refractivity contribution >= 4 is 41.1 Å². The molecule has 1 amide bonds. The van der Waals surface area contributed by atoms with E-state index in [0.717, 1.165) is 49.6 Å². The van der Waals surface area contributed by atoms with Crippen LogP contribution in [0.3, 0.4) is 0 Å². The highest BCUT2D eigenvalue weighted by atomic mass is 32.2. The van der Waals surface area contributed by atoms with E-state index in [9.17, 15) is 10.1 Å². The Morgan fingerprint density at radius 2 is 1.91 bits per heavy atom. The van der Waals surface area contributed by atoms with Gasteiger partial charge in [0.05, 0.1) is 6.20 Å². The number of aromatic amines is 1. The first-order valence-electron chi connectivity index (χ1n) is 11.1. The molecule has 0 unspecified atom stereocenters. The van der Waals surface area contributed by atoms with Crippen LogP contribution in [-0.2, 0) is 4.79 Å². The molecule has 0 spiro atoms. The normalized spacial score (nSPS) is 16.2. The summed E-state index contributed by atoms with van der Waals surface area (Å²) in [6.07, 6.45) is 3.39. The van der Waals surface area contributed by atoms with Crippen molar-refractivity contribution in [1.82, 2.24) is 30.0 Å². The minimum atomic E-state index is 0.0842. The van der Waals surface area contributed by atoms with E-state index in [2.05, 4.69) is 53.7 Å². The van der Waals surface area contributed by atoms with Gasteiger partial charge < -0.3 is 20.4 Å². The first-order valence-corrected chi connectivity index (χ1v) is 11.9. The Bertz CT molecular complexity index is 1210. The van der Waals surface area contributed by atoms with Gasteiger partial charge in [0, 0.05) is 42.7 Å². The van der Waals surface area contributed by atoms with Gasteiger partial charge in [0.25, 0.3) is 0 Å². The number of benzene rings is 1. The number of nitriles is 1. The molecule has 174 valence electrons. The lowest BCUT2D eigenvalue weighted by Crippen LogP contribution is -2.45. The Balaban J connectivity index is 1.37. The Hall–Kier alpha value is -3.69. The molecule has 0 bridgehead atoms. The smallest absolute Gasteiger partial charge is 0.234 e. The zero-order valence-electron chi connectivity index (χ0n) is 18.7. The van der Waals surface area contributed by atoms with Crippen LogP contribution in [0.4, 0.5) is 23.4 Å². The van der Waals surface area contributed by atoms with Crippen molar-refractivity contribution in [2.24, 2.45) is 5.92 Å². The third kappa shape index (κ3) is 5.27. The summed E-state index contributed by atoms with van der Waals surface area (Å²) >= 11 is 1.41. The SMILES string of the molecule is CN1CCN(c2nc(Nc3[nH]ncc3C#N)nc(Sc3ccc(NC(=O)C4CC4)cc3)n2)CC1. The van der Waals surface area contributed by atoms with Gasteiger partial charge in [-0.2, -0.15) is 25.3 Å². The zero-order chi connectivity index (χ0) is 23.5. The van der Waals surface area contributed by atoms with Crippen molar-refractivity contribution in [2.45, 2.75) is 22.9 Å². The molecule has 1 aliphatic heterocycles. The fourth-order valence-corrected chi connectivity index (χ4v) is 4.22. The van der Waals surface area contributed by atoms with E-state index in [0.29, 0.717) is 28.4 Å². The van der Waals surface area contributed by atoms with E-state index in [4.69, 9.17) is 4.98 Å². The molecular weight excluding hydrogens is 452 g/mol. The van der Waals surface area contributed by atoms with Crippen LogP contribution in [0.15, 0.2) is 40.5 Å². The maximum atomic E-state index is 12.0. The third-order valence-corrected chi connectivity index (χ3v) is 6.54. The molecule has 0 atom stereocenters. The molecule has 3 N–H and O–H groups in total. The number of nitrogens with zero attached hydrogens (tertiary/aromatic N) is 7. The Morgan fingerprint density at radius 1 is 1.15 bits per heavy atom. The largest absolute Gasteiger partial charge is 0.338 e. The highest BCUT2D eigenvalue weighted by Crippen LogP contribution is 2.31. The molecule has 3 aromatic rings. The highest BCUT2D eigenvalue weighted by Gasteiger charge is 2.29. The van der Waals surface area contributed by atoms with E-state index in [1.807, 2.05) is 24.3 Å². The van der Waals surface area contributed by atoms with Crippen molar-refractivity contribution in [3.63, 3.8) is 0 Å². The molecule has 1 saturated carbocycles. The van der Waals surface area contributed by atoms with Crippen molar-refractivity contribution in [3.8, 4) is 6.07 Å². The molecule has 1 aromatic carbocycles. The first-order chi connectivity index (χ1) is 16.6. The highest BCUT2D eigenvalue weighted by molar-refractivity contribution is 7.99. The number of likely N-dealkylation sites (N-methyl/N-ethyl adjacent to an activating group) is 1. The summed E-state index contributed by atoms with van der Waals surface area (Å²) in [7, 11) is 2.09. The lowest BCUT2D eigenvalue weighted by atomic mass is 10.3. The molecule has 2 fully saturated rings. The molecule has 11 nitrogen and oxygen atoms in total. The number of hydrogen-bond donors (Lipinski definition) is 3. The molecule has 2 aromatic heterocycles. The van der Waals surface area contributed by atoms with Crippen molar-refractivity contribution in [1.29, 1.82) is 5.26 Å². The van der Waals surface area contributed by atoms with Gasteiger partial charge >= 0.3 is 0 Å². The lowest BCUT2D eigenvalue weighted by molar-refractivity contribution is -0.117. The predicted molar refractivity (Wildman–Crippen MR) is 128 cm³/mol. The molecule has 12 heteroatoms. The Kier molecular flexibility index (Phi) is 6.29. The Labute approximate surface area is 201 Å². The maximum Gasteiger partial charge on any atom is 0.234 e. The summed E-state index contributed by atoms with van der Waals surface area (Å²) in [6, 6.07) is 9.72. The Morgan fingerprint density at radius 3 is 2.62 bits per heavy atom. The molecule has 0 radical (unpaired) electrons. The number of piperazine rings is 1. The lowest BCUT2D eigenvalue weighted by Gasteiger charge is -2.32. The second kappa shape index (κ2) is 9.66. The van der Waals surface area contributed by atoms with Crippen molar-refractivity contribution in [2.75, 3.05) is 48.8 Å². The monoisotopic (exact) mass is 476 g/mol. The summed E-state index contributed by atoms with van der Waals surface area (Å²) in [5.74, 6) is 1.60. The van der Waals surface area contributed by atoms with Gasteiger partial charge in [-0.1, -0.05) is 0 Å². The average Bonchev–Trinajstić information content (AvgIpc) is 3.60. The molecule has 2 aliphatic rings. The van der Waals surface area contributed by atoms with Crippen molar-refractivity contribution < 1.29 is 4.79 Å². The van der Waals surface area contributed by atoms with Crippen LogP contribution in [0, 0.1) is 17.2 Å². The topological polar surface area (TPSA) is 139 Å². The summed E-state index contributed by atoms with van der Waals surface area (Å²) in [6.45, 7) is 3.47. The predicted octanol–water partition coefficient (Wildman–Crippen LogP) is 2.46. The second-order valence-electron chi connectivity index (χ2n) is 8.32. The number of rotatable bonds is 7. The van der Waals surface area contributed by atoms with Crippen LogP contribution in [0.25, 0.3) is 0 Å². The molecule has 34 heavy (non-hydrogen) atoms. The van der Waals surface area contributed by atoms with E-state index in [1.165, 1.54) is 18.0 Å². The minimum Gasteiger partial charge on any atom is -0.338 e. The van der Waals surface area contributed by atoms with Gasteiger partial charge in [-0.25, -0.2) is 0 Å². The number of amides is 1. The number of aromatic nitrogens is 5. The van der Waals surface area contributed by atoms with Crippen LogP contribution in [-0.4, -0.2) is 69.2 Å². The summed E-state index contributed by atoms with van der Waals surface area (Å²) in [5, 5.41) is 22.5. The molecule has 1 aliphatic carbocycles. The zero-order valence-corrected chi connectivity index (χ0v) is 19.5. The van der Waals surface area contributed by atoms with E-state index in [1.54, 1.807) is 0 Å². The summed E-state index contributed by atoms with van der Waals surface area (Å²) in [4.78, 5) is 31.2. The fraction of sp³-hybridized carbons (Fsp3) is 0.364. The second-order valence-corrected chi connectivity index (χ2v) is 9.36. The fourth-order valence-electron chi connectivity index (χ4n) is 3.47. The average molecular weight is 477 g/mol. The van der Waals surface area contributed by atoms with E-state index < -0.39 is 0 Å². The maximum absolute atomic E-state index is 12.0. The van der Waals surface area contributed by atoms with E-state index >= 15 is 0 Å². The molecule has 5 rings (SSSR count). The minimum absolute atomic E-state index is 0.0842. The van der Waals surface area contributed by atoms with Gasteiger partial charge in [0.2, 0.25) is 17.8 Å². The molecule has 3 heterocycles. The van der Waals surface area contributed by atoms with Gasteiger partial charge in [-0.15, -0.1) is 0 Å². The van der Waals surface area contributed by atoms with Crippen LogP contribution in [0.5, 0.6) is 0 Å². The van der Waals surface area contributed by atoms with Crippen LogP contribution < -0.4 is 15.5 Å². The number of carbonyl (C=O) groups excluding carboxylic acids is 1. The van der Waals surface area contributed by atoms with Gasteiger partial charge in [-0.3, -0.25) is 9.89 Å². The van der Waals surface area contributed by atoms with Gasteiger partial charge in [0.15, 0.2) is 5.16 Å². The van der Waals surface area contributed by atoms with Crippen LogP contribution >= 0.6 is 11.8 Å². The van der Waals surface area contributed by atoms with E-state index in [-0.39, 0.29) is 11.8 Å². The van der Waals surface area contributed by atoms with Gasteiger partial charge in [0.1, 0.15) is 17.5 Å². The summed E-state index contributed by atoms with van der Waals surface area (Å²) in [5.41, 5.74) is 1.15. The molecular formula is C22H24N10OS. The number of carbonyl (C=O) groups is 1. The van der Waals surface area contributed by atoms with Crippen LogP contribution in [0.2, 0.25) is 0 Å². The number of anilines is 4. The molecule has 1 saturated heterocycles. The number of H-pyrrole nitrogens is 1. The number of hydrogen-bond acceptors (Lipinski definition) is 10. The first kappa shape index (κ1) is 22.1. The summed E-state index contributed by atoms with van der Waals surface area (Å²) < 4.78 is 0. The standard InChI is InChI=1S/C22H24N10OS/c1-31-8-10-32(11-9-31)21-27-20(26-18-15(12-23)13-24-30-18)28-22(29-21)34-17-6-4-16(5-7-17)25-19(33)14-2-3-14/h4-7,13-14H,2-3,8-11H2,1H3,(H,25,33)(H2,24,26,27,28,29,30). The number of nitrogens with one attached hydrogen (secondary N) is 3.